The number of thiazole rings is 1. The lowest BCUT2D eigenvalue weighted by atomic mass is 9.90. The molecule has 2 heterocycles. The minimum atomic E-state index is -0.166. The Balaban J connectivity index is 1.28. The first-order valence-corrected chi connectivity index (χ1v) is 14.0. The normalized spacial score (nSPS) is 17.4. The predicted molar refractivity (Wildman–Crippen MR) is 140 cm³/mol. The van der Waals surface area contributed by atoms with Crippen LogP contribution in [0.25, 0.3) is 0 Å². The van der Waals surface area contributed by atoms with Crippen molar-refractivity contribution >= 4 is 28.9 Å². The van der Waals surface area contributed by atoms with E-state index in [0.717, 1.165) is 85.8 Å². The van der Waals surface area contributed by atoms with Crippen LogP contribution < -0.4 is 0 Å². The number of ether oxygens (including phenoxy) is 1. The third-order valence-electron chi connectivity index (χ3n) is 7.10. The fraction of sp³-hybridized carbons (Fsp3) is 0.571. The molecule has 0 atom stereocenters. The van der Waals surface area contributed by atoms with E-state index in [2.05, 4.69) is 9.80 Å². The summed E-state index contributed by atoms with van der Waals surface area (Å²) in [5.41, 5.74) is 3.62. The number of esters is 1. The van der Waals surface area contributed by atoms with E-state index < -0.39 is 0 Å². The first kappa shape index (κ1) is 26.6. The lowest BCUT2D eigenvalue weighted by Gasteiger charge is -2.33. The molecule has 1 aliphatic heterocycles. The molecule has 1 saturated heterocycles. The van der Waals surface area contributed by atoms with Crippen LogP contribution in [-0.2, 0) is 33.7 Å². The van der Waals surface area contributed by atoms with Gasteiger partial charge in [-0.2, -0.15) is 0 Å². The number of Topliss-reactive ketones (excluding diaryl/α,β-unsaturated/α-hetero) is 2. The van der Waals surface area contributed by atoms with Gasteiger partial charge in [-0.1, -0.05) is 30.5 Å². The lowest BCUT2D eigenvalue weighted by Crippen LogP contribution is -2.47. The van der Waals surface area contributed by atoms with Crippen molar-refractivity contribution in [2.45, 2.75) is 58.9 Å². The molecular formula is C28H37N3O4S. The minimum absolute atomic E-state index is 0.0906. The van der Waals surface area contributed by atoms with Crippen molar-refractivity contribution in [3.05, 3.63) is 51.0 Å². The van der Waals surface area contributed by atoms with Gasteiger partial charge in [0.05, 0.1) is 25.3 Å². The molecule has 36 heavy (non-hydrogen) atoms. The standard InChI is InChI=1S/C28H37N3O4S/c1-3-35-27(33)18-31-12-10-30(11-13-31)17-23-19-36-26(29-23)16-24(32)15-22-9-8-20(2)14-25(22)28(34)21-6-4-5-7-21/h8-9,14,19,21H,3-7,10-13,15-18H2,1-2H3. The second-order valence-corrected chi connectivity index (χ2v) is 10.9. The van der Waals surface area contributed by atoms with Gasteiger partial charge >= 0.3 is 5.97 Å². The SMILES string of the molecule is CCOC(=O)CN1CCN(Cc2csc(CC(=O)Cc3ccc(C)cc3C(=O)C3CCCC3)n2)CC1. The van der Waals surface area contributed by atoms with Gasteiger partial charge in [0.2, 0.25) is 0 Å². The Morgan fingerprint density at radius 1 is 1.06 bits per heavy atom. The maximum absolute atomic E-state index is 13.1. The Labute approximate surface area is 217 Å². The molecule has 0 radical (unpaired) electrons. The monoisotopic (exact) mass is 511 g/mol. The zero-order valence-electron chi connectivity index (χ0n) is 21.5. The molecule has 0 amide bonds. The molecule has 2 fully saturated rings. The summed E-state index contributed by atoms with van der Waals surface area (Å²) in [6, 6.07) is 5.89. The largest absolute Gasteiger partial charge is 0.465 e. The summed E-state index contributed by atoms with van der Waals surface area (Å²) in [6.45, 7) is 8.72. The van der Waals surface area contributed by atoms with Crippen LogP contribution in [0, 0.1) is 12.8 Å². The summed E-state index contributed by atoms with van der Waals surface area (Å²) in [5.74, 6) is 0.236. The highest BCUT2D eigenvalue weighted by molar-refractivity contribution is 7.09. The van der Waals surface area contributed by atoms with E-state index in [1.807, 2.05) is 37.4 Å². The minimum Gasteiger partial charge on any atom is -0.465 e. The average Bonchev–Trinajstić information content (AvgIpc) is 3.54. The zero-order valence-corrected chi connectivity index (χ0v) is 22.3. The number of carbonyl (C=O) groups is 3. The number of benzene rings is 1. The van der Waals surface area contributed by atoms with Crippen molar-refractivity contribution < 1.29 is 19.1 Å². The van der Waals surface area contributed by atoms with Crippen LogP contribution in [0.5, 0.6) is 0 Å². The van der Waals surface area contributed by atoms with Crippen LogP contribution >= 0.6 is 11.3 Å². The zero-order chi connectivity index (χ0) is 25.5. The Morgan fingerprint density at radius 2 is 1.78 bits per heavy atom. The van der Waals surface area contributed by atoms with Crippen molar-refractivity contribution in [3.63, 3.8) is 0 Å². The topological polar surface area (TPSA) is 79.8 Å². The van der Waals surface area contributed by atoms with Gasteiger partial charge in [0.15, 0.2) is 5.78 Å². The summed E-state index contributed by atoms with van der Waals surface area (Å²) in [6.07, 6.45) is 4.72. The van der Waals surface area contributed by atoms with Crippen molar-refractivity contribution in [2.75, 3.05) is 39.3 Å². The molecular weight excluding hydrogens is 474 g/mol. The number of carbonyl (C=O) groups excluding carboxylic acids is 3. The Kier molecular flexibility index (Phi) is 9.40. The molecule has 4 rings (SSSR count). The molecule has 7 nitrogen and oxygen atoms in total. The van der Waals surface area contributed by atoms with Crippen molar-refractivity contribution in [2.24, 2.45) is 5.92 Å². The van der Waals surface area contributed by atoms with Crippen molar-refractivity contribution in [3.8, 4) is 0 Å². The highest BCUT2D eigenvalue weighted by atomic mass is 32.1. The second-order valence-electron chi connectivity index (χ2n) is 9.99. The van der Waals surface area contributed by atoms with E-state index in [9.17, 15) is 14.4 Å². The van der Waals surface area contributed by atoms with Gasteiger partial charge < -0.3 is 4.74 Å². The number of nitrogens with zero attached hydrogens (tertiary/aromatic N) is 3. The summed E-state index contributed by atoms with van der Waals surface area (Å²) in [7, 11) is 0. The lowest BCUT2D eigenvalue weighted by molar-refractivity contribution is -0.144. The van der Waals surface area contributed by atoms with Crippen molar-refractivity contribution in [1.82, 2.24) is 14.8 Å². The number of hydrogen-bond donors (Lipinski definition) is 0. The first-order chi connectivity index (χ1) is 17.4. The number of hydrogen-bond acceptors (Lipinski definition) is 8. The molecule has 1 aromatic heterocycles. The highest BCUT2D eigenvalue weighted by Crippen LogP contribution is 2.30. The van der Waals surface area contributed by atoms with E-state index in [1.165, 1.54) is 11.3 Å². The molecule has 0 bridgehead atoms. The molecule has 2 aromatic rings. The quantitative estimate of drug-likeness (QED) is 0.335. The number of rotatable bonds is 11. The highest BCUT2D eigenvalue weighted by Gasteiger charge is 2.26. The average molecular weight is 512 g/mol. The van der Waals surface area contributed by atoms with Gasteiger partial charge in [-0.3, -0.25) is 24.2 Å². The molecule has 194 valence electrons. The van der Waals surface area contributed by atoms with Crippen LogP contribution in [-0.4, -0.2) is 71.7 Å². The summed E-state index contributed by atoms with van der Waals surface area (Å²) >= 11 is 1.53. The van der Waals surface area contributed by atoms with Crippen LogP contribution in [0.15, 0.2) is 23.6 Å². The first-order valence-electron chi connectivity index (χ1n) is 13.1. The van der Waals surface area contributed by atoms with Crippen molar-refractivity contribution in [1.29, 1.82) is 0 Å². The van der Waals surface area contributed by atoms with Crippen LogP contribution in [0.4, 0.5) is 0 Å². The van der Waals surface area contributed by atoms with Gasteiger partial charge in [0.25, 0.3) is 0 Å². The molecule has 0 spiro atoms. The van der Waals surface area contributed by atoms with Gasteiger partial charge in [0.1, 0.15) is 10.8 Å². The smallest absolute Gasteiger partial charge is 0.320 e. The predicted octanol–water partition coefficient (Wildman–Crippen LogP) is 3.86. The van der Waals surface area contributed by atoms with Crippen LogP contribution in [0.2, 0.25) is 0 Å². The van der Waals surface area contributed by atoms with Crippen LogP contribution in [0.1, 0.15) is 64.8 Å². The van der Waals surface area contributed by atoms with Gasteiger partial charge in [0, 0.05) is 56.0 Å². The van der Waals surface area contributed by atoms with Crippen LogP contribution in [0.3, 0.4) is 0 Å². The molecule has 1 aliphatic carbocycles. The van der Waals surface area contributed by atoms with Gasteiger partial charge in [-0.25, -0.2) is 4.98 Å². The molecule has 0 unspecified atom stereocenters. The van der Waals surface area contributed by atoms with E-state index >= 15 is 0 Å². The summed E-state index contributed by atoms with van der Waals surface area (Å²) in [4.78, 5) is 46.9. The Morgan fingerprint density at radius 3 is 2.50 bits per heavy atom. The van der Waals surface area contributed by atoms with E-state index in [0.29, 0.717) is 19.6 Å². The van der Waals surface area contributed by atoms with Gasteiger partial charge in [-0.15, -0.1) is 11.3 Å². The fourth-order valence-electron chi connectivity index (χ4n) is 5.15. The number of ketones is 2. The molecule has 2 aliphatic rings. The maximum Gasteiger partial charge on any atom is 0.320 e. The summed E-state index contributed by atoms with van der Waals surface area (Å²) in [5, 5.41) is 2.86. The molecule has 1 saturated carbocycles. The maximum atomic E-state index is 13.1. The number of aryl methyl sites for hydroxylation is 1. The number of piperazine rings is 1. The van der Waals surface area contributed by atoms with E-state index in [-0.39, 0.29) is 29.9 Å². The second kappa shape index (κ2) is 12.7. The number of aromatic nitrogens is 1. The molecule has 8 heteroatoms. The Bertz CT molecular complexity index is 1070. The summed E-state index contributed by atoms with van der Waals surface area (Å²) < 4.78 is 5.04. The third-order valence-corrected chi connectivity index (χ3v) is 8.00. The third kappa shape index (κ3) is 7.31. The van der Waals surface area contributed by atoms with E-state index in [1.54, 1.807) is 0 Å². The van der Waals surface area contributed by atoms with Gasteiger partial charge in [-0.05, 0) is 38.3 Å². The molecule has 1 aromatic carbocycles. The molecule has 0 N–H and O–H groups in total. The van der Waals surface area contributed by atoms with E-state index in [4.69, 9.17) is 9.72 Å². The fourth-order valence-corrected chi connectivity index (χ4v) is 5.97. The Hall–Kier alpha value is -2.42.